The minimum Gasteiger partial charge on any atom is -0.491 e. The zero-order valence-electron chi connectivity index (χ0n) is 11.3. The van der Waals surface area contributed by atoms with Crippen LogP contribution < -0.4 is 10.1 Å². The van der Waals surface area contributed by atoms with Gasteiger partial charge in [0.2, 0.25) is 0 Å². The lowest BCUT2D eigenvalue weighted by Gasteiger charge is -2.22. The average molecular weight is 265 g/mol. The second kappa shape index (κ2) is 7.05. The molecule has 1 saturated heterocycles. The van der Waals surface area contributed by atoms with Gasteiger partial charge in [0.15, 0.2) is 0 Å². The Morgan fingerprint density at radius 1 is 1.28 bits per heavy atom. The highest BCUT2D eigenvalue weighted by Crippen LogP contribution is 2.24. The second-order valence-electron chi connectivity index (χ2n) is 5.10. The van der Waals surface area contributed by atoms with Crippen molar-refractivity contribution in [3.05, 3.63) is 24.3 Å². The van der Waals surface area contributed by atoms with Crippen LogP contribution in [0.1, 0.15) is 33.1 Å². The van der Waals surface area contributed by atoms with Crippen LogP contribution in [0.4, 0.5) is 0 Å². The van der Waals surface area contributed by atoms with Gasteiger partial charge in [0, 0.05) is 16.7 Å². The quantitative estimate of drug-likeness (QED) is 0.820. The standard InChI is InChI=1S/C15H23NOS/c1-12(2)17-14-6-8-15(9-7-14)18-11-13-5-3-4-10-16-13/h6-9,12-13,16H,3-5,10-11H2,1-2H3. The molecule has 18 heavy (non-hydrogen) atoms. The van der Waals surface area contributed by atoms with Gasteiger partial charge in [-0.2, -0.15) is 0 Å². The third kappa shape index (κ3) is 4.54. The molecule has 0 bridgehead atoms. The summed E-state index contributed by atoms with van der Waals surface area (Å²) in [5.74, 6) is 2.13. The molecule has 100 valence electrons. The van der Waals surface area contributed by atoms with Gasteiger partial charge in [-0.05, 0) is 57.5 Å². The second-order valence-corrected chi connectivity index (χ2v) is 6.19. The molecule has 1 heterocycles. The highest BCUT2D eigenvalue weighted by molar-refractivity contribution is 7.99. The van der Waals surface area contributed by atoms with E-state index < -0.39 is 0 Å². The fraction of sp³-hybridized carbons (Fsp3) is 0.600. The van der Waals surface area contributed by atoms with Gasteiger partial charge in [0.1, 0.15) is 5.75 Å². The van der Waals surface area contributed by atoms with Gasteiger partial charge in [-0.15, -0.1) is 11.8 Å². The Hall–Kier alpha value is -0.670. The highest BCUT2D eigenvalue weighted by atomic mass is 32.2. The monoisotopic (exact) mass is 265 g/mol. The summed E-state index contributed by atoms with van der Waals surface area (Å²) >= 11 is 1.94. The van der Waals surface area contributed by atoms with Crippen molar-refractivity contribution in [1.82, 2.24) is 5.32 Å². The number of ether oxygens (including phenoxy) is 1. The highest BCUT2D eigenvalue weighted by Gasteiger charge is 2.12. The Morgan fingerprint density at radius 2 is 2.06 bits per heavy atom. The molecule has 1 unspecified atom stereocenters. The maximum absolute atomic E-state index is 5.64. The van der Waals surface area contributed by atoms with Crippen molar-refractivity contribution in [2.75, 3.05) is 12.3 Å². The fourth-order valence-corrected chi connectivity index (χ4v) is 3.16. The number of benzene rings is 1. The Kier molecular flexibility index (Phi) is 5.39. The molecule has 1 aromatic carbocycles. The first-order chi connectivity index (χ1) is 8.74. The van der Waals surface area contributed by atoms with Crippen LogP contribution in [-0.4, -0.2) is 24.4 Å². The molecule has 1 aromatic rings. The third-order valence-electron chi connectivity index (χ3n) is 3.06. The van der Waals surface area contributed by atoms with Gasteiger partial charge >= 0.3 is 0 Å². The number of thioether (sulfide) groups is 1. The maximum Gasteiger partial charge on any atom is 0.119 e. The van der Waals surface area contributed by atoms with Gasteiger partial charge in [-0.1, -0.05) is 6.42 Å². The van der Waals surface area contributed by atoms with E-state index in [2.05, 4.69) is 43.4 Å². The molecule has 2 nitrogen and oxygen atoms in total. The molecule has 1 fully saturated rings. The summed E-state index contributed by atoms with van der Waals surface area (Å²) in [6.45, 7) is 5.29. The van der Waals surface area contributed by atoms with E-state index in [1.54, 1.807) is 0 Å². The average Bonchev–Trinajstić information content (AvgIpc) is 2.38. The van der Waals surface area contributed by atoms with E-state index in [1.807, 2.05) is 11.8 Å². The molecule has 0 aromatic heterocycles. The Bertz CT molecular complexity index is 344. The zero-order chi connectivity index (χ0) is 12.8. The minimum absolute atomic E-state index is 0.245. The van der Waals surface area contributed by atoms with Crippen molar-refractivity contribution in [2.24, 2.45) is 0 Å². The molecule has 0 amide bonds. The molecular formula is C15H23NOS. The van der Waals surface area contributed by atoms with Crippen molar-refractivity contribution in [3.63, 3.8) is 0 Å². The van der Waals surface area contributed by atoms with Crippen LogP contribution >= 0.6 is 11.8 Å². The molecule has 3 heteroatoms. The smallest absolute Gasteiger partial charge is 0.119 e. The first-order valence-electron chi connectivity index (χ1n) is 6.87. The van der Waals surface area contributed by atoms with Crippen molar-refractivity contribution in [1.29, 1.82) is 0 Å². The first kappa shape index (κ1) is 13.8. The number of hydrogen-bond acceptors (Lipinski definition) is 3. The summed E-state index contributed by atoms with van der Waals surface area (Å²) in [6, 6.07) is 9.14. The minimum atomic E-state index is 0.245. The number of hydrogen-bond donors (Lipinski definition) is 1. The maximum atomic E-state index is 5.64. The molecule has 0 saturated carbocycles. The molecule has 0 radical (unpaired) electrons. The normalized spacial score (nSPS) is 20.1. The predicted molar refractivity (Wildman–Crippen MR) is 78.6 cm³/mol. The van der Waals surface area contributed by atoms with E-state index in [9.17, 15) is 0 Å². The van der Waals surface area contributed by atoms with Gasteiger partial charge in [0.05, 0.1) is 6.10 Å². The molecular weight excluding hydrogens is 242 g/mol. The summed E-state index contributed by atoms with van der Waals surface area (Å²) in [5, 5.41) is 3.58. The zero-order valence-corrected chi connectivity index (χ0v) is 12.1. The molecule has 0 aliphatic carbocycles. The van der Waals surface area contributed by atoms with E-state index >= 15 is 0 Å². The van der Waals surface area contributed by atoms with Crippen LogP contribution in [0.5, 0.6) is 5.75 Å². The van der Waals surface area contributed by atoms with E-state index in [4.69, 9.17) is 4.74 Å². The summed E-state index contributed by atoms with van der Waals surface area (Å²) < 4.78 is 5.64. The molecule has 1 atom stereocenters. The SMILES string of the molecule is CC(C)Oc1ccc(SCC2CCCCN2)cc1. The van der Waals surface area contributed by atoms with Crippen LogP contribution in [0.25, 0.3) is 0 Å². The molecule has 2 rings (SSSR count). The van der Waals surface area contributed by atoms with Crippen LogP contribution in [-0.2, 0) is 0 Å². The fourth-order valence-electron chi connectivity index (χ4n) is 2.15. The van der Waals surface area contributed by atoms with Crippen molar-refractivity contribution in [2.45, 2.75) is 50.2 Å². The summed E-state index contributed by atoms with van der Waals surface area (Å²) in [7, 11) is 0. The van der Waals surface area contributed by atoms with Crippen LogP contribution in [0.15, 0.2) is 29.2 Å². The largest absolute Gasteiger partial charge is 0.491 e. The molecule has 0 spiro atoms. The van der Waals surface area contributed by atoms with Gasteiger partial charge in [0.25, 0.3) is 0 Å². The molecule has 1 aliphatic rings. The Morgan fingerprint density at radius 3 is 2.67 bits per heavy atom. The lowest BCUT2D eigenvalue weighted by atomic mass is 10.1. The van der Waals surface area contributed by atoms with Crippen molar-refractivity contribution < 1.29 is 4.74 Å². The van der Waals surface area contributed by atoms with Gasteiger partial charge < -0.3 is 10.1 Å². The topological polar surface area (TPSA) is 21.3 Å². The Balaban J connectivity index is 1.78. The van der Waals surface area contributed by atoms with E-state index in [0.29, 0.717) is 6.04 Å². The lowest BCUT2D eigenvalue weighted by Crippen LogP contribution is -2.35. The van der Waals surface area contributed by atoms with Crippen LogP contribution in [0.3, 0.4) is 0 Å². The summed E-state index contributed by atoms with van der Waals surface area (Å²) in [4.78, 5) is 1.33. The summed E-state index contributed by atoms with van der Waals surface area (Å²) in [5.41, 5.74) is 0. The number of rotatable bonds is 5. The van der Waals surface area contributed by atoms with Crippen LogP contribution in [0.2, 0.25) is 0 Å². The molecule has 1 N–H and O–H groups in total. The Labute approximate surface area is 114 Å². The number of nitrogens with one attached hydrogen (secondary N) is 1. The van der Waals surface area contributed by atoms with E-state index in [1.165, 1.54) is 36.5 Å². The number of piperidine rings is 1. The van der Waals surface area contributed by atoms with Gasteiger partial charge in [-0.3, -0.25) is 0 Å². The lowest BCUT2D eigenvalue weighted by molar-refractivity contribution is 0.242. The van der Waals surface area contributed by atoms with Crippen LogP contribution in [0, 0.1) is 0 Å². The van der Waals surface area contributed by atoms with Gasteiger partial charge in [-0.25, -0.2) is 0 Å². The molecule has 1 aliphatic heterocycles. The predicted octanol–water partition coefficient (Wildman–Crippen LogP) is 3.71. The van der Waals surface area contributed by atoms with Crippen molar-refractivity contribution in [3.8, 4) is 5.75 Å². The first-order valence-corrected chi connectivity index (χ1v) is 7.85. The third-order valence-corrected chi connectivity index (χ3v) is 4.23. The van der Waals surface area contributed by atoms with E-state index in [-0.39, 0.29) is 6.10 Å². The van der Waals surface area contributed by atoms with E-state index in [0.717, 1.165) is 5.75 Å². The van der Waals surface area contributed by atoms with Crippen molar-refractivity contribution >= 4 is 11.8 Å². The summed E-state index contributed by atoms with van der Waals surface area (Å²) in [6.07, 6.45) is 4.28.